The number of amides is 3. The van der Waals surface area contributed by atoms with Crippen LogP contribution in [0.4, 0.5) is 4.79 Å². The molecule has 0 spiro atoms. The quantitative estimate of drug-likeness (QED) is 0.0302. The Labute approximate surface area is 677 Å². The molecule has 9 N–H and O–H groups in total. The van der Waals surface area contributed by atoms with Crippen LogP contribution >= 0.6 is 43.5 Å². The van der Waals surface area contributed by atoms with Crippen LogP contribution in [0.25, 0.3) is 67.0 Å². The van der Waals surface area contributed by atoms with Gasteiger partial charge in [0.25, 0.3) is 0 Å². The van der Waals surface area contributed by atoms with E-state index in [-0.39, 0.29) is 29.6 Å². The lowest BCUT2D eigenvalue weighted by Gasteiger charge is -2.28. The highest BCUT2D eigenvalue weighted by Gasteiger charge is 2.31. The van der Waals surface area contributed by atoms with Gasteiger partial charge >= 0.3 is 6.09 Å². The fraction of sp³-hybridized carbons (Fsp3) is 0.400. The van der Waals surface area contributed by atoms with E-state index in [1.165, 1.54) is 18.6 Å². The molecule has 5 saturated heterocycles. The highest BCUT2D eigenvalue weighted by Crippen LogP contribution is 2.27. The zero-order valence-electron chi connectivity index (χ0n) is 64.6. The maximum absolute atomic E-state index is 12.1. The second-order valence-electron chi connectivity index (χ2n) is 29.8. The molecule has 596 valence electrons. The largest absolute Gasteiger partial charge is 0.474 e. The van der Waals surface area contributed by atoms with E-state index in [4.69, 9.17) is 26.8 Å². The number of aromatic nitrogens is 18. The summed E-state index contributed by atoms with van der Waals surface area (Å²) in [4.78, 5) is 122. The molecule has 3 amide bonds. The minimum Gasteiger partial charge on any atom is -0.474 e. The molecule has 17 rings (SSSR count). The molecule has 12 aromatic rings. The summed E-state index contributed by atoms with van der Waals surface area (Å²) in [5.41, 5.74) is 19.6. The van der Waals surface area contributed by atoms with E-state index in [0.29, 0.717) is 17.8 Å². The molecule has 0 unspecified atom stereocenters. The molecule has 12 aromatic heterocycles. The number of carbonyl (C=O) groups is 4. The molecule has 5 atom stereocenters. The van der Waals surface area contributed by atoms with Gasteiger partial charge in [-0.1, -0.05) is 19.7 Å². The normalized spacial score (nSPS) is 17.7. The topological polar surface area (TPSA) is 387 Å². The van der Waals surface area contributed by atoms with Gasteiger partial charge in [-0.3, -0.25) is 14.4 Å². The number of hydrogen-bond donors (Lipinski definition) is 8. The Bertz CT molecular complexity index is 4970. The van der Waals surface area contributed by atoms with Gasteiger partial charge in [-0.05, 0) is 241 Å². The van der Waals surface area contributed by atoms with Crippen molar-refractivity contribution in [3.63, 3.8) is 0 Å². The van der Waals surface area contributed by atoms with Crippen LogP contribution in [-0.4, -0.2) is 215 Å². The SMILES string of the molecule is Brc1cnc2[nH]ccc2n1.Brc1cnc2[nH]ccc2n1.C=C(OC(C)(C)C)N1CC[C@@H](N)C1.C=CC(=O)Cl.C=CC(=O)N1CC[C@@H](Cc2cnc3[nH]ccc3n2)C1.C=CC(=O)N1CC[C@@H](Cc2cnc3[nH]ccc3n2)C1.CC(C)(C)OC(=O)N1CC[C@@H](Cc2cnc3[nH]ccc3n2)C1.c1cc2nc(C[C@@H]3CCNC3)cnc2[nH]1. The maximum atomic E-state index is 12.1. The summed E-state index contributed by atoms with van der Waals surface area (Å²) in [6.07, 6.45) is 34.2. The van der Waals surface area contributed by atoms with Gasteiger partial charge < -0.3 is 70.0 Å². The summed E-state index contributed by atoms with van der Waals surface area (Å²) >= 11 is 11.2. The van der Waals surface area contributed by atoms with Crippen LogP contribution in [0.2, 0.25) is 0 Å². The highest BCUT2D eigenvalue weighted by atomic mass is 79.9. The van der Waals surface area contributed by atoms with Crippen molar-refractivity contribution in [3.05, 3.63) is 193 Å². The van der Waals surface area contributed by atoms with Crippen molar-refractivity contribution in [2.24, 2.45) is 29.4 Å². The van der Waals surface area contributed by atoms with Gasteiger partial charge in [0.1, 0.15) is 53.5 Å². The number of halogens is 3. The third-order valence-electron chi connectivity index (χ3n) is 18.5. The number of likely N-dealkylation sites (tertiary alicyclic amines) is 4. The Morgan fingerprint density at radius 2 is 0.779 bits per heavy atom. The fourth-order valence-electron chi connectivity index (χ4n) is 13.1. The lowest BCUT2D eigenvalue weighted by molar-refractivity contribution is -0.125. The standard InChI is InChI=1S/C16H22N4O2.2C14H16N4O.C11H14N4.C10H20N2O.2C6H4BrN3.C3H3ClO/c1-16(2,3)22-15(21)20-7-5-11(10-20)8-12-9-18-14-13(19-12)4-6-17-14;2*1-2-13(19)18-6-4-10(9-18)7-11-8-16-14-12(17-11)3-5-15-14;1-3-12-6-8(1)5-9-7-14-11-10(15-9)2-4-13-11;1-8(13-10(2,3)4)12-6-5-9(11)7-12;2*7-5-3-9-6-4(10-5)1-2-8-6;1-2-3(4)5/h4,6,9,11H,5,7-8,10H2,1-3H3,(H,17,18);2*2-3,5,8,10H,1,4,6-7,9H2,(H,15,16);2,4,7-8,12H,1,3,5-6H2,(H,13,14);9H,1,5-7,11H2,2-4H3;2*1-3H,(H,8,9);2H,1H2/t11-;2*10-;8-;9-;;;/m00001.../s1. The van der Waals surface area contributed by atoms with Gasteiger partial charge in [-0.2, -0.15) is 0 Å². The Kier molecular flexibility index (Phi) is 30.5. The molecular formula is C80H99Br2ClN24O6. The van der Waals surface area contributed by atoms with Crippen molar-refractivity contribution in [1.82, 2.24) is 115 Å². The Hall–Kier alpha value is -10.7. The van der Waals surface area contributed by atoms with Crippen molar-refractivity contribution >= 4 is 134 Å². The maximum Gasteiger partial charge on any atom is 0.410 e. The predicted molar refractivity (Wildman–Crippen MR) is 445 cm³/mol. The number of nitrogens with one attached hydrogen (secondary N) is 7. The summed E-state index contributed by atoms with van der Waals surface area (Å²) in [6.45, 7) is 34.5. The van der Waals surface area contributed by atoms with E-state index in [1.807, 2.05) is 150 Å². The molecule has 5 aliphatic rings. The van der Waals surface area contributed by atoms with Crippen LogP contribution in [0.3, 0.4) is 0 Å². The zero-order chi connectivity index (χ0) is 80.6. The lowest BCUT2D eigenvalue weighted by Crippen LogP contribution is -2.35. The third-order valence-corrected chi connectivity index (χ3v) is 19.4. The number of ether oxygens (including phenoxy) is 2. The van der Waals surface area contributed by atoms with Gasteiger partial charge in [-0.15, -0.1) is 0 Å². The number of nitrogens with zero attached hydrogens (tertiary/aromatic N) is 16. The van der Waals surface area contributed by atoms with Crippen LogP contribution < -0.4 is 11.1 Å². The summed E-state index contributed by atoms with van der Waals surface area (Å²) in [5, 5.41) is 2.86. The monoisotopic (exact) mass is 1680 g/mol. The average molecular weight is 1690 g/mol. The van der Waals surface area contributed by atoms with Crippen LogP contribution in [0.1, 0.15) is 96.4 Å². The van der Waals surface area contributed by atoms with Crippen molar-refractivity contribution in [2.45, 2.75) is 117 Å². The van der Waals surface area contributed by atoms with Gasteiger partial charge in [-0.25, -0.2) is 64.6 Å². The number of H-pyrrole nitrogens is 6. The Morgan fingerprint density at radius 1 is 0.460 bits per heavy atom. The molecule has 0 bridgehead atoms. The highest BCUT2D eigenvalue weighted by molar-refractivity contribution is 9.10. The second-order valence-corrected chi connectivity index (χ2v) is 31.8. The first-order valence-corrected chi connectivity index (χ1v) is 39.5. The second kappa shape index (κ2) is 40.7. The van der Waals surface area contributed by atoms with Gasteiger partial charge in [0.05, 0.1) is 60.0 Å². The van der Waals surface area contributed by atoms with Gasteiger partial charge in [0.15, 0.2) is 39.8 Å². The lowest BCUT2D eigenvalue weighted by atomic mass is 10.0. The number of allylic oxidation sites excluding steroid dienone is 1. The minimum absolute atomic E-state index is 0.0228. The number of nitrogens with two attached hydrogens (primary N) is 1. The molecule has 113 heavy (non-hydrogen) atoms. The van der Waals surface area contributed by atoms with Crippen molar-refractivity contribution < 1.29 is 28.7 Å². The number of rotatable bonds is 13. The first kappa shape index (κ1) is 84.8. The van der Waals surface area contributed by atoms with Gasteiger partial charge in [0.2, 0.25) is 17.1 Å². The molecule has 0 aliphatic carbocycles. The minimum atomic E-state index is -0.509. The summed E-state index contributed by atoms with van der Waals surface area (Å²) in [7, 11) is 0. The summed E-state index contributed by atoms with van der Waals surface area (Å²) in [5.74, 6) is 2.88. The molecule has 5 aliphatic heterocycles. The van der Waals surface area contributed by atoms with Crippen LogP contribution in [0.15, 0.2) is 170 Å². The first-order chi connectivity index (χ1) is 54.2. The molecule has 0 saturated carbocycles. The molecule has 0 radical (unpaired) electrons. The number of aromatic amines is 6. The molecule has 17 heterocycles. The molecule has 5 fully saturated rings. The predicted octanol–water partition coefficient (Wildman–Crippen LogP) is 12.6. The molecular weight excluding hydrogens is 1590 g/mol. The van der Waals surface area contributed by atoms with E-state index in [2.05, 4.69) is 158 Å². The van der Waals surface area contributed by atoms with E-state index < -0.39 is 10.8 Å². The van der Waals surface area contributed by atoms with E-state index in [0.717, 1.165) is 234 Å². The van der Waals surface area contributed by atoms with Crippen LogP contribution in [0, 0.1) is 23.7 Å². The van der Waals surface area contributed by atoms with Crippen LogP contribution in [0.5, 0.6) is 0 Å². The van der Waals surface area contributed by atoms with Crippen LogP contribution in [-0.2, 0) is 49.5 Å². The summed E-state index contributed by atoms with van der Waals surface area (Å²) in [6, 6.07) is 11.8. The van der Waals surface area contributed by atoms with E-state index in [9.17, 15) is 19.2 Å². The van der Waals surface area contributed by atoms with Gasteiger partial charge in [0, 0.05) is 95.6 Å². The van der Waals surface area contributed by atoms with Crippen molar-refractivity contribution in [2.75, 3.05) is 65.4 Å². The van der Waals surface area contributed by atoms with E-state index >= 15 is 0 Å². The molecule has 30 nitrogen and oxygen atoms in total. The zero-order valence-corrected chi connectivity index (χ0v) is 68.5. The third kappa shape index (κ3) is 26.5. The number of carbonyl (C=O) groups excluding carboxylic acids is 4. The van der Waals surface area contributed by atoms with Crippen molar-refractivity contribution in [1.29, 1.82) is 0 Å². The first-order valence-electron chi connectivity index (χ1n) is 37.5. The Balaban J connectivity index is 0.000000140. The molecule has 33 heteroatoms. The number of hydrogen-bond acceptors (Lipinski definition) is 21. The molecule has 0 aromatic carbocycles. The fourth-order valence-corrected chi connectivity index (χ4v) is 13.7. The summed E-state index contributed by atoms with van der Waals surface area (Å²) < 4.78 is 12.6. The van der Waals surface area contributed by atoms with Crippen molar-refractivity contribution in [3.8, 4) is 0 Å². The number of fused-ring (bicyclic) bond motifs is 6. The average Bonchev–Trinajstić information content (AvgIpc) is 1.70. The Morgan fingerprint density at radius 3 is 1.09 bits per heavy atom. The van der Waals surface area contributed by atoms with E-state index in [1.54, 1.807) is 17.3 Å². The smallest absolute Gasteiger partial charge is 0.410 e.